The van der Waals surface area contributed by atoms with Crippen LogP contribution in [-0.2, 0) is 4.79 Å². The molecule has 6 heteroatoms. The summed E-state index contributed by atoms with van der Waals surface area (Å²) in [6.07, 6.45) is 1.23. The molecular formula is C12H12F2N2O2. The van der Waals surface area contributed by atoms with E-state index >= 15 is 0 Å². The van der Waals surface area contributed by atoms with Crippen LogP contribution in [0.5, 0.6) is 0 Å². The van der Waals surface area contributed by atoms with Gasteiger partial charge < -0.3 is 10.6 Å². The van der Waals surface area contributed by atoms with E-state index in [4.69, 9.17) is 0 Å². The fourth-order valence-electron chi connectivity index (χ4n) is 1.82. The third-order valence-electron chi connectivity index (χ3n) is 2.76. The topological polar surface area (TPSA) is 58.2 Å². The first-order valence-electron chi connectivity index (χ1n) is 5.61. The van der Waals surface area contributed by atoms with Gasteiger partial charge in [-0.05, 0) is 31.0 Å². The summed E-state index contributed by atoms with van der Waals surface area (Å²) in [5, 5.41) is 4.99. The van der Waals surface area contributed by atoms with Crippen molar-refractivity contribution in [2.24, 2.45) is 0 Å². The predicted molar refractivity (Wildman–Crippen MR) is 59.9 cm³/mol. The Labute approximate surface area is 102 Å². The molecule has 1 unspecified atom stereocenters. The summed E-state index contributed by atoms with van der Waals surface area (Å²) in [4.78, 5) is 23.2. The minimum atomic E-state index is -0.815. The Balaban J connectivity index is 2.11. The van der Waals surface area contributed by atoms with E-state index < -0.39 is 29.1 Å². The van der Waals surface area contributed by atoms with Crippen molar-refractivity contribution in [3.8, 4) is 0 Å². The number of hydrogen-bond donors (Lipinski definition) is 2. The number of rotatable bonds is 2. The van der Waals surface area contributed by atoms with Crippen LogP contribution in [0, 0.1) is 11.6 Å². The molecular weight excluding hydrogens is 242 g/mol. The first-order valence-corrected chi connectivity index (χ1v) is 5.61. The average molecular weight is 254 g/mol. The molecule has 1 aliphatic rings. The fourth-order valence-corrected chi connectivity index (χ4v) is 1.82. The van der Waals surface area contributed by atoms with Crippen LogP contribution in [0.2, 0.25) is 0 Å². The quantitative estimate of drug-likeness (QED) is 0.826. The van der Waals surface area contributed by atoms with Crippen LogP contribution in [0.25, 0.3) is 0 Å². The van der Waals surface area contributed by atoms with Crippen molar-refractivity contribution in [2.75, 3.05) is 6.54 Å². The molecule has 1 heterocycles. The molecule has 0 bridgehead atoms. The second-order valence-corrected chi connectivity index (χ2v) is 4.08. The molecule has 1 fully saturated rings. The van der Waals surface area contributed by atoms with E-state index in [1.54, 1.807) is 0 Å². The zero-order chi connectivity index (χ0) is 13.1. The fraction of sp³-hybridized carbons (Fsp3) is 0.333. The molecule has 0 radical (unpaired) electrons. The summed E-state index contributed by atoms with van der Waals surface area (Å²) in [5.41, 5.74) is -0.395. The Morgan fingerprint density at radius 3 is 2.89 bits per heavy atom. The smallest absolute Gasteiger partial charge is 0.255 e. The van der Waals surface area contributed by atoms with Gasteiger partial charge in [0.1, 0.15) is 17.7 Å². The van der Waals surface area contributed by atoms with Crippen LogP contribution >= 0.6 is 0 Å². The van der Waals surface area contributed by atoms with Crippen molar-refractivity contribution in [3.63, 3.8) is 0 Å². The molecule has 0 aliphatic carbocycles. The van der Waals surface area contributed by atoms with E-state index in [1.165, 1.54) is 0 Å². The Bertz CT molecular complexity index is 491. The highest BCUT2D eigenvalue weighted by molar-refractivity contribution is 5.97. The molecule has 2 amide bonds. The number of amides is 2. The number of carbonyl (C=O) groups excluding carboxylic acids is 2. The van der Waals surface area contributed by atoms with Gasteiger partial charge in [0.15, 0.2) is 0 Å². The van der Waals surface area contributed by atoms with Crippen molar-refractivity contribution in [3.05, 3.63) is 35.4 Å². The molecule has 1 saturated heterocycles. The second kappa shape index (κ2) is 5.12. The second-order valence-electron chi connectivity index (χ2n) is 4.08. The third-order valence-corrected chi connectivity index (χ3v) is 2.76. The molecule has 2 N–H and O–H groups in total. The largest absolute Gasteiger partial charge is 0.354 e. The van der Waals surface area contributed by atoms with Crippen LogP contribution < -0.4 is 10.6 Å². The monoisotopic (exact) mass is 254 g/mol. The molecule has 4 nitrogen and oxygen atoms in total. The van der Waals surface area contributed by atoms with Gasteiger partial charge in [0.2, 0.25) is 5.91 Å². The summed E-state index contributed by atoms with van der Waals surface area (Å²) in [7, 11) is 0. The lowest BCUT2D eigenvalue weighted by Crippen LogP contribution is -2.50. The van der Waals surface area contributed by atoms with Crippen molar-refractivity contribution < 1.29 is 18.4 Å². The lowest BCUT2D eigenvalue weighted by molar-refractivity contribution is -0.124. The lowest BCUT2D eigenvalue weighted by Gasteiger charge is -2.22. The van der Waals surface area contributed by atoms with Crippen LogP contribution in [0.15, 0.2) is 18.2 Å². The van der Waals surface area contributed by atoms with Crippen molar-refractivity contribution >= 4 is 11.8 Å². The maximum Gasteiger partial charge on any atom is 0.255 e. The molecule has 0 spiro atoms. The number of piperidine rings is 1. The summed E-state index contributed by atoms with van der Waals surface area (Å²) in [6, 6.07) is 1.93. The highest BCUT2D eigenvalue weighted by Crippen LogP contribution is 2.11. The molecule has 18 heavy (non-hydrogen) atoms. The molecule has 1 aromatic rings. The SMILES string of the molecule is O=C(NC1CCCNC1=O)c1cc(F)ccc1F. The van der Waals surface area contributed by atoms with Crippen molar-refractivity contribution in [1.29, 1.82) is 0 Å². The maximum atomic E-state index is 13.3. The standard InChI is InChI=1S/C12H12F2N2O2/c13-7-3-4-9(14)8(6-7)11(17)16-10-2-1-5-15-12(10)18/h3-4,6,10H,1-2,5H2,(H,15,18)(H,16,17). The van der Waals surface area contributed by atoms with Crippen LogP contribution in [0.1, 0.15) is 23.2 Å². The van der Waals surface area contributed by atoms with Crippen LogP contribution in [0.4, 0.5) is 8.78 Å². The van der Waals surface area contributed by atoms with E-state index in [0.29, 0.717) is 13.0 Å². The van der Waals surface area contributed by atoms with E-state index in [2.05, 4.69) is 10.6 Å². The van der Waals surface area contributed by atoms with Crippen LogP contribution in [0.3, 0.4) is 0 Å². The summed E-state index contributed by atoms with van der Waals surface area (Å²) in [5.74, 6) is -2.60. The number of carbonyl (C=O) groups is 2. The average Bonchev–Trinajstić information content (AvgIpc) is 2.35. The van der Waals surface area contributed by atoms with Gasteiger partial charge in [-0.2, -0.15) is 0 Å². The molecule has 1 atom stereocenters. The molecule has 2 rings (SSSR count). The van der Waals surface area contributed by atoms with Gasteiger partial charge in [0.25, 0.3) is 5.91 Å². The van der Waals surface area contributed by atoms with Gasteiger partial charge in [-0.1, -0.05) is 0 Å². The van der Waals surface area contributed by atoms with E-state index in [9.17, 15) is 18.4 Å². The molecule has 0 saturated carbocycles. The minimum absolute atomic E-state index is 0.300. The summed E-state index contributed by atoms with van der Waals surface area (Å²) >= 11 is 0. The zero-order valence-corrected chi connectivity index (χ0v) is 9.50. The van der Waals surface area contributed by atoms with Gasteiger partial charge in [0, 0.05) is 6.54 Å². The highest BCUT2D eigenvalue weighted by atomic mass is 19.1. The minimum Gasteiger partial charge on any atom is -0.354 e. The zero-order valence-electron chi connectivity index (χ0n) is 9.50. The molecule has 1 aliphatic heterocycles. The van der Waals surface area contributed by atoms with Crippen LogP contribution in [-0.4, -0.2) is 24.4 Å². The van der Waals surface area contributed by atoms with E-state index in [0.717, 1.165) is 24.6 Å². The van der Waals surface area contributed by atoms with Gasteiger partial charge in [0.05, 0.1) is 5.56 Å². The molecule has 1 aromatic carbocycles. The Morgan fingerprint density at radius 1 is 1.39 bits per heavy atom. The van der Waals surface area contributed by atoms with Crippen molar-refractivity contribution in [1.82, 2.24) is 10.6 Å². The summed E-state index contributed by atoms with van der Waals surface area (Å²) in [6.45, 7) is 0.569. The van der Waals surface area contributed by atoms with E-state index in [1.807, 2.05) is 0 Å². The normalized spacial score (nSPS) is 19.2. The number of nitrogens with one attached hydrogen (secondary N) is 2. The molecule has 0 aromatic heterocycles. The number of benzene rings is 1. The Kier molecular flexibility index (Phi) is 3.55. The highest BCUT2D eigenvalue weighted by Gasteiger charge is 2.25. The maximum absolute atomic E-state index is 13.3. The predicted octanol–water partition coefficient (Wildman–Crippen LogP) is 0.973. The van der Waals surface area contributed by atoms with E-state index in [-0.39, 0.29) is 5.91 Å². The number of halogens is 2. The van der Waals surface area contributed by atoms with Gasteiger partial charge >= 0.3 is 0 Å². The first kappa shape index (κ1) is 12.5. The van der Waals surface area contributed by atoms with Gasteiger partial charge in [-0.25, -0.2) is 8.78 Å². The van der Waals surface area contributed by atoms with Gasteiger partial charge in [-0.3, -0.25) is 9.59 Å². The summed E-state index contributed by atoms with van der Waals surface area (Å²) < 4.78 is 26.3. The van der Waals surface area contributed by atoms with Crippen molar-refractivity contribution in [2.45, 2.75) is 18.9 Å². The Hall–Kier alpha value is -1.98. The van der Waals surface area contributed by atoms with Gasteiger partial charge in [-0.15, -0.1) is 0 Å². The Morgan fingerprint density at radius 2 is 2.17 bits per heavy atom. The third kappa shape index (κ3) is 2.64. The number of hydrogen-bond acceptors (Lipinski definition) is 2. The molecule has 96 valence electrons. The lowest BCUT2D eigenvalue weighted by atomic mass is 10.1. The first-order chi connectivity index (χ1) is 8.58.